The molecule has 2 atom stereocenters. The molecule has 8 heteroatoms. The standard InChI is InChI=1S/C27H26ClN5OS/c1-17-13-21(18(2)33(17)23-14-20(28)9-10-24(23)34-3)26-25(22-8-4-5-12-30-22)31-27(35)32(26)16-19-7-6-11-29-15-19/h4-15,25-26H,16H2,1-3H3,(H,31,35)/t25-,26-/m0/s1. The molecule has 1 saturated heterocycles. The van der Waals surface area contributed by atoms with Crippen LogP contribution in [0.5, 0.6) is 5.75 Å². The highest BCUT2D eigenvalue weighted by atomic mass is 35.5. The second-order valence-corrected chi connectivity index (χ2v) is 9.42. The van der Waals surface area contributed by atoms with Crippen LogP contribution in [0.15, 0.2) is 73.2 Å². The second kappa shape index (κ2) is 9.68. The van der Waals surface area contributed by atoms with Crippen molar-refractivity contribution in [1.82, 2.24) is 24.8 Å². The van der Waals surface area contributed by atoms with E-state index in [2.05, 4.69) is 50.7 Å². The van der Waals surface area contributed by atoms with Crippen LogP contribution in [0, 0.1) is 13.8 Å². The average Bonchev–Trinajstić information content (AvgIpc) is 3.35. The molecule has 1 aromatic carbocycles. The van der Waals surface area contributed by atoms with Crippen LogP contribution in [0.25, 0.3) is 5.69 Å². The van der Waals surface area contributed by atoms with Gasteiger partial charge in [-0.3, -0.25) is 9.97 Å². The van der Waals surface area contributed by atoms with E-state index in [1.165, 1.54) is 0 Å². The highest BCUT2D eigenvalue weighted by molar-refractivity contribution is 7.80. The number of ether oxygens (including phenoxy) is 1. The Balaban J connectivity index is 1.65. The van der Waals surface area contributed by atoms with E-state index in [0.717, 1.165) is 39.6 Å². The third kappa shape index (κ3) is 4.37. The summed E-state index contributed by atoms with van der Waals surface area (Å²) in [5.41, 5.74) is 6.28. The Morgan fingerprint density at radius 1 is 1.09 bits per heavy atom. The van der Waals surface area contributed by atoms with E-state index in [4.69, 9.17) is 28.6 Å². The van der Waals surface area contributed by atoms with E-state index in [1.54, 1.807) is 13.3 Å². The zero-order valence-electron chi connectivity index (χ0n) is 19.8. The predicted octanol–water partition coefficient (Wildman–Crippen LogP) is 5.72. The van der Waals surface area contributed by atoms with Crippen molar-refractivity contribution in [2.75, 3.05) is 7.11 Å². The molecule has 4 heterocycles. The first kappa shape index (κ1) is 23.3. The number of aromatic nitrogens is 3. The molecular formula is C27H26ClN5OS. The molecule has 1 aliphatic rings. The van der Waals surface area contributed by atoms with Gasteiger partial charge < -0.3 is 19.5 Å². The first-order valence-electron chi connectivity index (χ1n) is 11.4. The van der Waals surface area contributed by atoms with Gasteiger partial charge in [0.25, 0.3) is 0 Å². The molecule has 6 nitrogen and oxygen atoms in total. The number of hydrogen-bond donors (Lipinski definition) is 1. The Kier molecular flexibility index (Phi) is 6.45. The van der Waals surface area contributed by atoms with Crippen LogP contribution < -0.4 is 10.1 Å². The van der Waals surface area contributed by atoms with Crippen molar-refractivity contribution in [3.05, 3.63) is 106 Å². The Bertz CT molecular complexity index is 1360. The molecule has 0 aliphatic carbocycles. The normalized spacial score (nSPS) is 17.5. The minimum Gasteiger partial charge on any atom is -0.495 e. The number of methoxy groups -OCH3 is 1. The maximum atomic E-state index is 6.38. The number of hydrogen-bond acceptors (Lipinski definition) is 4. The first-order valence-corrected chi connectivity index (χ1v) is 12.2. The molecule has 1 N–H and O–H groups in total. The molecule has 0 bridgehead atoms. The molecule has 35 heavy (non-hydrogen) atoms. The molecule has 178 valence electrons. The van der Waals surface area contributed by atoms with Gasteiger partial charge in [0.1, 0.15) is 5.75 Å². The topological polar surface area (TPSA) is 55.2 Å². The molecule has 1 fully saturated rings. The van der Waals surface area contributed by atoms with Crippen LogP contribution in [0.1, 0.15) is 40.3 Å². The maximum Gasteiger partial charge on any atom is 0.170 e. The third-order valence-electron chi connectivity index (χ3n) is 6.44. The van der Waals surface area contributed by atoms with Gasteiger partial charge in [-0.05, 0) is 79.7 Å². The number of rotatable bonds is 6. The van der Waals surface area contributed by atoms with Gasteiger partial charge in [0.05, 0.1) is 30.6 Å². The molecule has 0 amide bonds. The van der Waals surface area contributed by atoms with Crippen LogP contribution in [0.3, 0.4) is 0 Å². The van der Waals surface area contributed by atoms with E-state index in [1.807, 2.05) is 54.9 Å². The molecule has 3 aromatic heterocycles. The minimum atomic E-state index is -0.101. The lowest BCUT2D eigenvalue weighted by Crippen LogP contribution is -2.29. The average molecular weight is 504 g/mol. The number of benzene rings is 1. The third-order valence-corrected chi connectivity index (χ3v) is 7.03. The fourth-order valence-electron chi connectivity index (χ4n) is 4.90. The van der Waals surface area contributed by atoms with Gasteiger partial charge in [-0.2, -0.15) is 0 Å². The summed E-state index contributed by atoms with van der Waals surface area (Å²) in [6.07, 6.45) is 5.49. The summed E-state index contributed by atoms with van der Waals surface area (Å²) >= 11 is 12.2. The molecule has 4 aromatic rings. The van der Waals surface area contributed by atoms with Crippen molar-refractivity contribution in [3.63, 3.8) is 0 Å². The molecule has 0 saturated carbocycles. The SMILES string of the molecule is COc1ccc(Cl)cc1-n1c(C)cc([C@H]2[C@H](c3ccccn3)NC(=S)N2Cc2cccnc2)c1C. The molecule has 5 rings (SSSR count). The van der Waals surface area contributed by atoms with Crippen molar-refractivity contribution in [2.24, 2.45) is 0 Å². The summed E-state index contributed by atoms with van der Waals surface area (Å²) in [6, 6.07) is 17.7. The zero-order valence-corrected chi connectivity index (χ0v) is 21.3. The van der Waals surface area contributed by atoms with Crippen molar-refractivity contribution < 1.29 is 4.74 Å². The molecule has 0 radical (unpaired) electrons. The monoisotopic (exact) mass is 503 g/mol. The van der Waals surface area contributed by atoms with Gasteiger partial charge in [0.2, 0.25) is 0 Å². The number of halogens is 1. The lowest BCUT2D eigenvalue weighted by Gasteiger charge is -2.28. The van der Waals surface area contributed by atoms with Crippen LogP contribution in [0.4, 0.5) is 0 Å². The lowest BCUT2D eigenvalue weighted by atomic mass is 9.96. The molecular weight excluding hydrogens is 478 g/mol. The number of thiocarbonyl (C=S) groups is 1. The zero-order chi connectivity index (χ0) is 24.5. The minimum absolute atomic E-state index is 0.0669. The summed E-state index contributed by atoms with van der Waals surface area (Å²) in [7, 11) is 1.67. The fourth-order valence-corrected chi connectivity index (χ4v) is 5.37. The Labute approximate surface area is 215 Å². The summed E-state index contributed by atoms with van der Waals surface area (Å²) in [6.45, 7) is 4.86. The van der Waals surface area contributed by atoms with Gasteiger partial charge in [-0.15, -0.1) is 0 Å². The number of pyridine rings is 2. The largest absolute Gasteiger partial charge is 0.495 e. The van der Waals surface area contributed by atoms with Crippen molar-refractivity contribution in [3.8, 4) is 11.4 Å². The molecule has 0 spiro atoms. The number of nitrogens with one attached hydrogen (secondary N) is 1. The predicted molar refractivity (Wildman–Crippen MR) is 142 cm³/mol. The summed E-state index contributed by atoms with van der Waals surface area (Å²) < 4.78 is 7.86. The number of aryl methyl sites for hydroxylation is 1. The van der Waals surface area contributed by atoms with Crippen LogP contribution in [-0.4, -0.2) is 31.7 Å². The second-order valence-electron chi connectivity index (χ2n) is 8.59. The summed E-state index contributed by atoms with van der Waals surface area (Å²) in [4.78, 5) is 11.2. The van der Waals surface area contributed by atoms with E-state index < -0.39 is 0 Å². The van der Waals surface area contributed by atoms with Gasteiger partial charge in [0.15, 0.2) is 5.11 Å². The van der Waals surface area contributed by atoms with Gasteiger partial charge in [-0.1, -0.05) is 23.7 Å². The van der Waals surface area contributed by atoms with Crippen molar-refractivity contribution in [2.45, 2.75) is 32.5 Å². The van der Waals surface area contributed by atoms with E-state index in [9.17, 15) is 0 Å². The summed E-state index contributed by atoms with van der Waals surface area (Å²) in [5, 5.41) is 4.89. The van der Waals surface area contributed by atoms with E-state index in [0.29, 0.717) is 16.7 Å². The van der Waals surface area contributed by atoms with E-state index >= 15 is 0 Å². The quantitative estimate of drug-likeness (QED) is 0.340. The van der Waals surface area contributed by atoms with Crippen LogP contribution in [-0.2, 0) is 6.54 Å². The Morgan fingerprint density at radius 2 is 1.94 bits per heavy atom. The van der Waals surface area contributed by atoms with Crippen molar-refractivity contribution in [1.29, 1.82) is 0 Å². The van der Waals surface area contributed by atoms with Crippen LogP contribution in [0.2, 0.25) is 5.02 Å². The fraction of sp³-hybridized carbons (Fsp3) is 0.222. The van der Waals surface area contributed by atoms with E-state index in [-0.39, 0.29) is 12.1 Å². The van der Waals surface area contributed by atoms with Gasteiger partial charge in [-0.25, -0.2) is 0 Å². The lowest BCUT2D eigenvalue weighted by molar-refractivity contribution is 0.310. The Morgan fingerprint density at radius 3 is 2.66 bits per heavy atom. The van der Waals surface area contributed by atoms with Crippen molar-refractivity contribution >= 4 is 28.9 Å². The smallest absolute Gasteiger partial charge is 0.170 e. The number of nitrogens with zero attached hydrogens (tertiary/aromatic N) is 4. The maximum absolute atomic E-state index is 6.38. The molecule has 0 unspecified atom stereocenters. The van der Waals surface area contributed by atoms with Gasteiger partial charge in [0, 0.05) is 41.5 Å². The van der Waals surface area contributed by atoms with Gasteiger partial charge >= 0.3 is 0 Å². The summed E-state index contributed by atoms with van der Waals surface area (Å²) in [5.74, 6) is 0.760. The van der Waals surface area contributed by atoms with Crippen LogP contribution >= 0.6 is 23.8 Å². The molecule has 1 aliphatic heterocycles. The highest BCUT2D eigenvalue weighted by Gasteiger charge is 2.41. The highest BCUT2D eigenvalue weighted by Crippen LogP contribution is 2.43. The first-order chi connectivity index (χ1) is 17.0. The Hall–Kier alpha value is -3.42.